The van der Waals surface area contributed by atoms with Gasteiger partial charge in [-0.15, -0.1) is 0 Å². The quantitative estimate of drug-likeness (QED) is 0.424. The van der Waals surface area contributed by atoms with Gasteiger partial charge in [-0.1, -0.05) is 0 Å². The minimum Gasteiger partial charge on any atom is -0.396 e. The highest BCUT2D eigenvalue weighted by Gasteiger charge is 2.18. The fourth-order valence-electron chi connectivity index (χ4n) is 1.42. The van der Waals surface area contributed by atoms with Crippen molar-refractivity contribution in [3.05, 3.63) is 0 Å². The Balaban J connectivity index is 3.92. The molecule has 0 radical (unpaired) electrons. The van der Waals surface area contributed by atoms with Crippen molar-refractivity contribution in [1.82, 2.24) is 10.6 Å². The van der Waals surface area contributed by atoms with Gasteiger partial charge in [-0.05, 0) is 37.7 Å². The van der Waals surface area contributed by atoms with Crippen LogP contribution in [-0.2, 0) is 4.79 Å². The van der Waals surface area contributed by atoms with E-state index in [0.29, 0.717) is 13.0 Å². The van der Waals surface area contributed by atoms with Crippen LogP contribution in [0.25, 0.3) is 0 Å². The fraction of sp³-hybridized carbons (Fsp3) is 0.818. The summed E-state index contributed by atoms with van der Waals surface area (Å²) in [6.45, 7) is 0.725. The van der Waals surface area contributed by atoms with Crippen molar-refractivity contribution in [1.29, 1.82) is 0 Å². The fourth-order valence-corrected chi connectivity index (χ4v) is 1.90. The third-order valence-electron chi connectivity index (χ3n) is 2.38. The molecule has 3 amide bonds. The van der Waals surface area contributed by atoms with E-state index in [0.717, 1.165) is 25.0 Å². The predicted molar refractivity (Wildman–Crippen MR) is 73.5 cm³/mol. The molecule has 0 fully saturated rings. The molecule has 0 bridgehead atoms. The van der Waals surface area contributed by atoms with E-state index in [1.165, 1.54) is 0 Å². The van der Waals surface area contributed by atoms with Crippen LogP contribution in [0.1, 0.15) is 25.7 Å². The van der Waals surface area contributed by atoms with Crippen molar-refractivity contribution < 1.29 is 14.7 Å². The molecule has 18 heavy (non-hydrogen) atoms. The smallest absolute Gasteiger partial charge is 0.312 e. The van der Waals surface area contributed by atoms with E-state index in [9.17, 15) is 9.59 Å². The summed E-state index contributed by atoms with van der Waals surface area (Å²) in [5, 5.41) is 13.8. The molecular weight excluding hydrogens is 254 g/mol. The Morgan fingerprint density at radius 3 is 2.61 bits per heavy atom. The van der Waals surface area contributed by atoms with Crippen LogP contribution in [0.4, 0.5) is 4.79 Å². The van der Waals surface area contributed by atoms with E-state index in [2.05, 4.69) is 10.6 Å². The number of carbonyl (C=O) groups excluding carboxylic acids is 2. The van der Waals surface area contributed by atoms with Crippen molar-refractivity contribution in [2.75, 3.05) is 25.2 Å². The zero-order valence-corrected chi connectivity index (χ0v) is 11.6. The van der Waals surface area contributed by atoms with E-state index in [4.69, 9.17) is 10.8 Å². The summed E-state index contributed by atoms with van der Waals surface area (Å²) < 4.78 is 0. The number of unbranched alkanes of at least 4 members (excludes halogenated alkanes) is 2. The Labute approximate surface area is 112 Å². The van der Waals surface area contributed by atoms with Crippen molar-refractivity contribution in [3.8, 4) is 0 Å². The van der Waals surface area contributed by atoms with Gasteiger partial charge in [0.15, 0.2) is 0 Å². The molecule has 0 aliphatic carbocycles. The standard InChI is InChI=1S/C11H23N3O3S/c1-18-8-5-9(14-11(12)17)10(16)13-6-3-2-4-7-15/h9,15H,2-8H2,1H3,(H,13,16)(H3,12,14,17). The molecule has 106 valence electrons. The van der Waals surface area contributed by atoms with Crippen LogP contribution in [0.2, 0.25) is 0 Å². The Morgan fingerprint density at radius 1 is 1.33 bits per heavy atom. The lowest BCUT2D eigenvalue weighted by atomic mass is 10.2. The zero-order valence-electron chi connectivity index (χ0n) is 10.8. The number of aliphatic hydroxyl groups is 1. The second-order valence-electron chi connectivity index (χ2n) is 3.92. The van der Waals surface area contributed by atoms with Crippen LogP contribution < -0.4 is 16.4 Å². The van der Waals surface area contributed by atoms with Gasteiger partial charge in [0, 0.05) is 13.2 Å². The van der Waals surface area contributed by atoms with Crippen LogP contribution >= 0.6 is 11.8 Å². The number of primary amides is 1. The third-order valence-corrected chi connectivity index (χ3v) is 3.02. The van der Waals surface area contributed by atoms with Gasteiger partial charge in [-0.3, -0.25) is 4.79 Å². The molecule has 0 saturated heterocycles. The average Bonchev–Trinajstić information content (AvgIpc) is 2.33. The first-order valence-corrected chi connectivity index (χ1v) is 7.44. The second-order valence-corrected chi connectivity index (χ2v) is 4.90. The first-order valence-electron chi connectivity index (χ1n) is 6.05. The summed E-state index contributed by atoms with van der Waals surface area (Å²) in [6, 6.07) is -1.25. The van der Waals surface area contributed by atoms with Gasteiger partial charge in [-0.25, -0.2) is 4.79 Å². The number of hydrogen-bond acceptors (Lipinski definition) is 4. The normalized spacial score (nSPS) is 11.9. The molecular formula is C11H23N3O3S. The van der Waals surface area contributed by atoms with Gasteiger partial charge >= 0.3 is 6.03 Å². The maximum absolute atomic E-state index is 11.8. The molecule has 0 aromatic carbocycles. The molecule has 7 heteroatoms. The molecule has 0 aromatic rings. The lowest BCUT2D eigenvalue weighted by Crippen LogP contribution is -2.49. The molecule has 0 heterocycles. The summed E-state index contributed by atoms with van der Waals surface area (Å²) in [5.41, 5.74) is 5.03. The van der Waals surface area contributed by atoms with E-state index >= 15 is 0 Å². The van der Waals surface area contributed by atoms with Crippen LogP contribution in [0, 0.1) is 0 Å². The monoisotopic (exact) mass is 277 g/mol. The number of urea groups is 1. The molecule has 5 N–H and O–H groups in total. The molecule has 0 spiro atoms. The number of thioether (sulfide) groups is 1. The summed E-state index contributed by atoms with van der Waals surface area (Å²) in [6.07, 6.45) is 4.93. The number of aliphatic hydroxyl groups excluding tert-OH is 1. The van der Waals surface area contributed by atoms with Crippen LogP contribution in [0.3, 0.4) is 0 Å². The summed E-state index contributed by atoms with van der Waals surface area (Å²) in [4.78, 5) is 22.6. The van der Waals surface area contributed by atoms with Gasteiger partial charge in [0.1, 0.15) is 6.04 Å². The first-order chi connectivity index (χ1) is 8.61. The largest absolute Gasteiger partial charge is 0.396 e. The molecule has 1 unspecified atom stereocenters. The number of nitrogens with one attached hydrogen (secondary N) is 2. The van der Waals surface area contributed by atoms with E-state index in [1.54, 1.807) is 11.8 Å². The molecule has 0 aliphatic rings. The van der Waals surface area contributed by atoms with Gasteiger partial charge in [-0.2, -0.15) is 11.8 Å². The Hall–Kier alpha value is -0.950. The molecule has 0 aliphatic heterocycles. The maximum atomic E-state index is 11.8. The molecule has 0 saturated carbocycles. The van der Waals surface area contributed by atoms with E-state index < -0.39 is 12.1 Å². The van der Waals surface area contributed by atoms with Crippen LogP contribution in [-0.4, -0.2) is 48.2 Å². The van der Waals surface area contributed by atoms with Crippen LogP contribution in [0.5, 0.6) is 0 Å². The topological polar surface area (TPSA) is 104 Å². The van der Waals surface area contributed by atoms with Gasteiger partial charge in [0.05, 0.1) is 0 Å². The molecule has 6 nitrogen and oxygen atoms in total. The lowest BCUT2D eigenvalue weighted by molar-refractivity contribution is -0.122. The Morgan fingerprint density at radius 2 is 2.06 bits per heavy atom. The minimum absolute atomic E-state index is 0.174. The van der Waals surface area contributed by atoms with Crippen molar-refractivity contribution in [3.63, 3.8) is 0 Å². The number of nitrogens with two attached hydrogens (primary N) is 1. The second kappa shape index (κ2) is 11.2. The minimum atomic E-state index is -0.684. The number of amides is 3. The molecule has 1 atom stereocenters. The zero-order chi connectivity index (χ0) is 13.8. The van der Waals surface area contributed by atoms with Crippen molar-refractivity contribution in [2.45, 2.75) is 31.7 Å². The number of hydrogen-bond donors (Lipinski definition) is 4. The maximum Gasteiger partial charge on any atom is 0.312 e. The van der Waals surface area contributed by atoms with E-state index in [1.807, 2.05) is 6.26 Å². The third kappa shape index (κ3) is 9.12. The highest BCUT2D eigenvalue weighted by Crippen LogP contribution is 2.01. The lowest BCUT2D eigenvalue weighted by Gasteiger charge is -2.16. The van der Waals surface area contributed by atoms with Crippen molar-refractivity contribution in [2.24, 2.45) is 5.73 Å². The first kappa shape index (κ1) is 17.1. The summed E-state index contributed by atoms with van der Waals surface area (Å²) in [7, 11) is 0. The Bertz CT molecular complexity index is 252. The highest BCUT2D eigenvalue weighted by atomic mass is 32.2. The summed E-state index contributed by atoms with van der Waals surface area (Å²) >= 11 is 1.61. The highest BCUT2D eigenvalue weighted by molar-refractivity contribution is 7.98. The van der Waals surface area contributed by atoms with E-state index in [-0.39, 0.29) is 12.5 Å². The molecule has 0 aromatic heterocycles. The van der Waals surface area contributed by atoms with Gasteiger partial charge in [0.2, 0.25) is 5.91 Å². The van der Waals surface area contributed by atoms with Crippen molar-refractivity contribution >= 4 is 23.7 Å². The average molecular weight is 277 g/mol. The SMILES string of the molecule is CSCCC(NC(N)=O)C(=O)NCCCCCO. The number of rotatable bonds is 10. The van der Waals surface area contributed by atoms with Gasteiger partial charge in [0.25, 0.3) is 0 Å². The Kier molecular flexibility index (Phi) is 10.6. The number of carbonyl (C=O) groups is 2. The summed E-state index contributed by atoms with van der Waals surface area (Å²) in [5.74, 6) is 0.579. The molecule has 0 rings (SSSR count). The predicted octanol–water partition coefficient (Wildman–Crippen LogP) is 0.0552. The van der Waals surface area contributed by atoms with Crippen LogP contribution in [0.15, 0.2) is 0 Å². The van der Waals surface area contributed by atoms with Gasteiger partial charge < -0.3 is 21.5 Å².